The Morgan fingerprint density at radius 2 is 1.73 bits per heavy atom. The molecule has 0 unspecified atom stereocenters. The second-order valence-corrected chi connectivity index (χ2v) is 5.94. The number of hydrogen-bond acceptors (Lipinski definition) is 3. The largest absolute Gasteiger partial charge is 0.462 e. The third kappa shape index (κ3) is 2.86. The monoisotopic (exact) mass is 342 g/mol. The molecule has 2 aromatic heterocycles. The summed E-state index contributed by atoms with van der Waals surface area (Å²) in [5, 5.41) is 0. The molecule has 1 N–H and O–H groups in total. The minimum atomic E-state index is -0.306. The number of carbonyl (C=O) groups is 1. The summed E-state index contributed by atoms with van der Waals surface area (Å²) in [6, 6.07) is 21.6. The highest BCUT2D eigenvalue weighted by Crippen LogP contribution is 2.37. The molecule has 0 saturated heterocycles. The third-order valence-electron chi connectivity index (χ3n) is 4.30. The fourth-order valence-corrected chi connectivity index (χ4v) is 3.11. The molecule has 4 heteroatoms. The number of fused-ring (bicyclic) bond motifs is 1. The molecule has 26 heavy (non-hydrogen) atoms. The average Bonchev–Trinajstić information content (AvgIpc) is 3.08. The van der Waals surface area contributed by atoms with Gasteiger partial charge in [0.25, 0.3) is 0 Å². The third-order valence-corrected chi connectivity index (χ3v) is 4.30. The van der Waals surface area contributed by atoms with Gasteiger partial charge in [0.1, 0.15) is 0 Å². The van der Waals surface area contributed by atoms with Crippen molar-refractivity contribution in [1.82, 2.24) is 9.97 Å². The molecule has 0 saturated carbocycles. The van der Waals surface area contributed by atoms with Crippen LogP contribution in [0.2, 0.25) is 0 Å². The number of rotatable bonds is 4. The van der Waals surface area contributed by atoms with Crippen molar-refractivity contribution in [2.75, 3.05) is 6.61 Å². The number of aromatic nitrogens is 2. The average molecular weight is 342 g/mol. The van der Waals surface area contributed by atoms with Crippen LogP contribution in [0.4, 0.5) is 0 Å². The van der Waals surface area contributed by atoms with Crippen molar-refractivity contribution >= 4 is 17.0 Å². The van der Waals surface area contributed by atoms with E-state index in [0.29, 0.717) is 12.2 Å². The van der Waals surface area contributed by atoms with Crippen LogP contribution in [0.5, 0.6) is 0 Å². The van der Waals surface area contributed by atoms with Crippen LogP contribution in [0.25, 0.3) is 33.4 Å². The number of pyridine rings is 1. The maximum atomic E-state index is 11.9. The molecule has 0 radical (unpaired) electrons. The molecule has 0 fully saturated rings. The molecular formula is C22H18N2O2. The van der Waals surface area contributed by atoms with Gasteiger partial charge < -0.3 is 9.72 Å². The lowest BCUT2D eigenvalue weighted by Gasteiger charge is -2.07. The van der Waals surface area contributed by atoms with Gasteiger partial charge in [-0.25, -0.2) is 4.79 Å². The van der Waals surface area contributed by atoms with Crippen molar-refractivity contribution in [2.45, 2.75) is 6.92 Å². The van der Waals surface area contributed by atoms with Crippen LogP contribution >= 0.6 is 0 Å². The van der Waals surface area contributed by atoms with Gasteiger partial charge in [0.05, 0.1) is 28.9 Å². The first kappa shape index (κ1) is 16.1. The van der Waals surface area contributed by atoms with Crippen LogP contribution in [-0.2, 0) is 4.74 Å². The summed E-state index contributed by atoms with van der Waals surface area (Å²) < 4.78 is 5.06. The van der Waals surface area contributed by atoms with Gasteiger partial charge in [-0.15, -0.1) is 0 Å². The lowest BCUT2D eigenvalue weighted by atomic mass is 9.99. The Bertz CT molecular complexity index is 1050. The van der Waals surface area contributed by atoms with E-state index in [0.717, 1.165) is 33.4 Å². The summed E-state index contributed by atoms with van der Waals surface area (Å²) in [7, 11) is 0. The van der Waals surface area contributed by atoms with Crippen LogP contribution < -0.4 is 0 Å². The standard InChI is InChI=1S/C22H18N2O2/c1-2-26-22(25)17-12-10-15(11-13-17)19-20(16-7-4-3-5-8-16)24-18-9-6-14-23-21(18)19/h3-14,24H,2H2,1H3. The van der Waals surface area contributed by atoms with Gasteiger partial charge in [0, 0.05) is 11.8 Å². The molecule has 128 valence electrons. The Balaban J connectivity index is 1.86. The number of aromatic amines is 1. The molecule has 0 aliphatic rings. The Kier molecular flexibility index (Phi) is 4.23. The van der Waals surface area contributed by atoms with E-state index in [-0.39, 0.29) is 5.97 Å². The Morgan fingerprint density at radius 3 is 2.46 bits per heavy atom. The van der Waals surface area contributed by atoms with E-state index < -0.39 is 0 Å². The maximum absolute atomic E-state index is 11.9. The molecule has 0 aliphatic heterocycles. The van der Waals surface area contributed by atoms with Gasteiger partial charge in [-0.05, 0) is 42.3 Å². The highest BCUT2D eigenvalue weighted by atomic mass is 16.5. The second kappa shape index (κ2) is 6.84. The van der Waals surface area contributed by atoms with Crippen molar-refractivity contribution in [3.8, 4) is 22.4 Å². The number of esters is 1. The predicted molar refractivity (Wildman–Crippen MR) is 103 cm³/mol. The van der Waals surface area contributed by atoms with Gasteiger partial charge in [-0.1, -0.05) is 42.5 Å². The first-order chi connectivity index (χ1) is 12.8. The quantitative estimate of drug-likeness (QED) is 0.527. The summed E-state index contributed by atoms with van der Waals surface area (Å²) in [5.74, 6) is -0.306. The fraction of sp³-hybridized carbons (Fsp3) is 0.0909. The van der Waals surface area contributed by atoms with Gasteiger partial charge >= 0.3 is 5.97 Å². The summed E-state index contributed by atoms with van der Waals surface area (Å²) in [6.45, 7) is 2.17. The minimum Gasteiger partial charge on any atom is -0.462 e. The van der Waals surface area contributed by atoms with Crippen LogP contribution in [0.3, 0.4) is 0 Å². The number of nitrogens with one attached hydrogen (secondary N) is 1. The maximum Gasteiger partial charge on any atom is 0.338 e. The van der Waals surface area contributed by atoms with Crippen molar-refractivity contribution < 1.29 is 9.53 Å². The number of ether oxygens (including phenoxy) is 1. The zero-order valence-electron chi connectivity index (χ0n) is 14.4. The van der Waals surface area contributed by atoms with Crippen LogP contribution in [-0.4, -0.2) is 22.5 Å². The molecule has 4 aromatic rings. The normalized spacial score (nSPS) is 10.8. The Labute approximate surface area is 151 Å². The zero-order chi connectivity index (χ0) is 17.9. The molecule has 2 aromatic carbocycles. The number of hydrogen-bond donors (Lipinski definition) is 1. The van der Waals surface area contributed by atoms with Crippen molar-refractivity contribution in [3.63, 3.8) is 0 Å². The summed E-state index contributed by atoms with van der Waals surface area (Å²) in [5.41, 5.74) is 6.58. The summed E-state index contributed by atoms with van der Waals surface area (Å²) in [6.07, 6.45) is 1.79. The lowest BCUT2D eigenvalue weighted by Crippen LogP contribution is -2.04. The topological polar surface area (TPSA) is 55.0 Å². The van der Waals surface area contributed by atoms with Crippen LogP contribution in [0.1, 0.15) is 17.3 Å². The SMILES string of the molecule is CCOC(=O)c1ccc(-c2c(-c3ccccc3)[nH]c3cccnc23)cc1. The van der Waals surface area contributed by atoms with E-state index in [2.05, 4.69) is 22.1 Å². The number of H-pyrrole nitrogens is 1. The van der Waals surface area contributed by atoms with E-state index in [4.69, 9.17) is 4.74 Å². The van der Waals surface area contributed by atoms with E-state index >= 15 is 0 Å². The van der Waals surface area contributed by atoms with E-state index in [1.807, 2.05) is 42.5 Å². The van der Waals surface area contributed by atoms with Gasteiger partial charge in [-0.3, -0.25) is 4.98 Å². The summed E-state index contributed by atoms with van der Waals surface area (Å²) >= 11 is 0. The van der Waals surface area contributed by atoms with Crippen molar-refractivity contribution in [2.24, 2.45) is 0 Å². The molecule has 0 bridgehead atoms. The van der Waals surface area contributed by atoms with E-state index in [1.54, 1.807) is 25.3 Å². The van der Waals surface area contributed by atoms with Crippen LogP contribution in [0.15, 0.2) is 72.9 Å². The predicted octanol–water partition coefficient (Wildman–Crippen LogP) is 5.07. The molecule has 2 heterocycles. The van der Waals surface area contributed by atoms with E-state index in [1.165, 1.54) is 0 Å². The van der Waals surface area contributed by atoms with Gasteiger partial charge in [0.2, 0.25) is 0 Å². The molecule has 0 amide bonds. The Morgan fingerprint density at radius 1 is 0.962 bits per heavy atom. The van der Waals surface area contributed by atoms with Crippen LogP contribution in [0, 0.1) is 0 Å². The fourth-order valence-electron chi connectivity index (χ4n) is 3.11. The number of carbonyl (C=O) groups excluding carboxylic acids is 1. The highest BCUT2D eigenvalue weighted by molar-refractivity contribution is 6.02. The molecular weight excluding hydrogens is 324 g/mol. The molecule has 0 spiro atoms. The lowest BCUT2D eigenvalue weighted by molar-refractivity contribution is 0.0526. The van der Waals surface area contributed by atoms with Gasteiger partial charge in [0.15, 0.2) is 0 Å². The smallest absolute Gasteiger partial charge is 0.338 e. The second-order valence-electron chi connectivity index (χ2n) is 5.94. The summed E-state index contributed by atoms with van der Waals surface area (Å²) in [4.78, 5) is 20.0. The first-order valence-electron chi connectivity index (χ1n) is 8.57. The Hall–Kier alpha value is -3.40. The molecule has 0 aliphatic carbocycles. The molecule has 4 rings (SSSR count). The number of benzene rings is 2. The van der Waals surface area contributed by atoms with E-state index in [9.17, 15) is 4.79 Å². The molecule has 0 atom stereocenters. The van der Waals surface area contributed by atoms with Gasteiger partial charge in [-0.2, -0.15) is 0 Å². The zero-order valence-corrected chi connectivity index (χ0v) is 14.4. The first-order valence-corrected chi connectivity index (χ1v) is 8.57. The number of nitrogens with zero attached hydrogens (tertiary/aromatic N) is 1. The highest BCUT2D eigenvalue weighted by Gasteiger charge is 2.16. The van der Waals surface area contributed by atoms with Crippen molar-refractivity contribution in [3.05, 3.63) is 78.5 Å². The molecule has 4 nitrogen and oxygen atoms in total. The van der Waals surface area contributed by atoms with Crippen molar-refractivity contribution in [1.29, 1.82) is 0 Å². The minimum absolute atomic E-state index is 0.306.